The summed E-state index contributed by atoms with van der Waals surface area (Å²) in [5.74, 6) is -6.77. The Kier molecular flexibility index (Phi) is 28.0. The van der Waals surface area contributed by atoms with Crippen LogP contribution in [0.15, 0.2) is 72.8 Å². The lowest BCUT2D eigenvalue weighted by Crippen LogP contribution is -2.45. The number of rotatable bonds is 35. The van der Waals surface area contributed by atoms with E-state index in [9.17, 15) is 43.2 Å². The summed E-state index contributed by atoms with van der Waals surface area (Å²) in [6, 6.07) is 11.1. The smallest absolute Gasteiger partial charge is 0.312 e. The van der Waals surface area contributed by atoms with Gasteiger partial charge in [-0.3, -0.25) is 54.6 Å². The number of ether oxygens (including phenoxy) is 4. The zero-order valence-electron chi connectivity index (χ0n) is 49.5. The van der Waals surface area contributed by atoms with Crippen LogP contribution in [0.1, 0.15) is 92.8 Å². The van der Waals surface area contributed by atoms with Gasteiger partial charge in [0.1, 0.15) is 41.1 Å². The number of urea groups is 1. The van der Waals surface area contributed by atoms with Crippen molar-refractivity contribution in [2.75, 3.05) is 75.9 Å². The van der Waals surface area contributed by atoms with Crippen molar-refractivity contribution >= 4 is 93.9 Å². The zero-order valence-corrected chi connectivity index (χ0v) is 49.5. The van der Waals surface area contributed by atoms with Gasteiger partial charge < -0.3 is 112 Å². The van der Waals surface area contributed by atoms with Crippen LogP contribution in [0.5, 0.6) is 23.0 Å². The van der Waals surface area contributed by atoms with Gasteiger partial charge in [0.15, 0.2) is 17.9 Å². The second kappa shape index (κ2) is 35.4. The zero-order chi connectivity index (χ0) is 65.7. The van der Waals surface area contributed by atoms with Crippen LogP contribution in [0, 0.1) is 16.2 Å². The lowest BCUT2D eigenvalue weighted by Gasteiger charge is -2.22. The van der Waals surface area contributed by atoms with E-state index in [0.717, 1.165) is 0 Å². The molecular formula is C56H78N20O13. The molecule has 10 amide bonds. The average molecular weight is 1240 g/mol. The summed E-state index contributed by atoms with van der Waals surface area (Å²) in [4.78, 5) is 121. The topological polar surface area (TPSA) is 551 Å². The van der Waals surface area contributed by atoms with E-state index in [1.165, 1.54) is 101 Å². The maximum atomic E-state index is 14.4. The molecule has 0 saturated heterocycles. The first-order valence-electron chi connectivity index (χ1n) is 27.6. The van der Waals surface area contributed by atoms with E-state index >= 15 is 0 Å². The fourth-order valence-electron chi connectivity index (χ4n) is 8.56. The maximum absolute atomic E-state index is 14.4. The number of guanidine groups is 3. The van der Waals surface area contributed by atoms with Crippen LogP contribution in [0.25, 0.3) is 0 Å². The summed E-state index contributed by atoms with van der Waals surface area (Å²) in [6.45, 7) is 0.613. The molecule has 0 spiro atoms. The Morgan fingerprint density at radius 2 is 0.663 bits per heavy atom. The molecule has 4 rings (SSSR count). The molecule has 0 aliphatic rings. The molecular weight excluding hydrogens is 1160 g/mol. The number of amides is 10. The van der Waals surface area contributed by atoms with E-state index in [1.807, 2.05) is 0 Å². The van der Waals surface area contributed by atoms with Crippen molar-refractivity contribution in [3.8, 4) is 23.0 Å². The van der Waals surface area contributed by atoms with E-state index in [-0.39, 0.29) is 157 Å². The molecule has 0 fully saturated rings. The van der Waals surface area contributed by atoms with Gasteiger partial charge in [-0.2, -0.15) is 0 Å². The Morgan fingerprint density at radius 1 is 0.393 bits per heavy atom. The highest BCUT2D eigenvalue weighted by Gasteiger charge is 2.29. The fourth-order valence-corrected chi connectivity index (χ4v) is 8.56. The van der Waals surface area contributed by atoms with Crippen LogP contribution in [0.4, 0.5) is 27.5 Å². The minimum absolute atomic E-state index is 0.0131. The second-order valence-electron chi connectivity index (χ2n) is 19.5. The molecule has 4 aromatic rings. The minimum atomic E-state index is -1.33. The summed E-state index contributed by atoms with van der Waals surface area (Å²) in [7, 11) is 5.24. The van der Waals surface area contributed by atoms with Crippen molar-refractivity contribution in [2.24, 2.45) is 34.4 Å². The summed E-state index contributed by atoms with van der Waals surface area (Å²) < 4.78 is 21.6. The molecule has 0 unspecified atom stereocenters. The lowest BCUT2D eigenvalue weighted by molar-refractivity contribution is -0.118. The molecule has 4 atom stereocenters. The van der Waals surface area contributed by atoms with Gasteiger partial charge in [-0.1, -0.05) is 0 Å². The van der Waals surface area contributed by atoms with Gasteiger partial charge >= 0.3 is 6.03 Å². The number of methoxy groups -OCH3 is 4. The Morgan fingerprint density at radius 3 is 0.944 bits per heavy atom. The molecule has 0 heterocycles. The van der Waals surface area contributed by atoms with Crippen LogP contribution in [-0.4, -0.2) is 150 Å². The molecule has 26 N–H and O–H groups in total. The Labute approximate surface area is 511 Å². The third-order valence-corrected chi connectivity index (χ3v) is 13.0. The molecule has 89 heavy (non-hydrogen) atoms. The van der Waals surface area contributed by atoms with Gasteiger partial charge in [0.25, 0.3) is 23.6 Å². The highest BCUT2D eigenvalue weighted by molar-refractivity contribution is 6.08. The van der Waals surface area contributed by atoms with E-state index in [1.54, 1.807) is 0 Å². The van der Waals surface area contributed by atoms with Gasteiger partial charge in [-0.15, -0.1) is 0 Å². The fraction of sp³-hybridized carbons (Fsp3) is 0.357. The predicted octanol–water partition coefficient (Wildman–Crippen LogP) is -0.465. The highest BCUT2D eigenvalue weighted by Crippen LogP contribution is 2.28. The first kappa shape index (κ1) is 70.4. The highest BCUT2D eigenvalue weighted by atomic mass is 16.5. The van der Waals surface area contributed by atoms with E-state index in [0.29, 0.717) is 6.42 Å². The Bertz CT molecular complexity index is 3240. The van der Waals surface area contributed by atoms with Crippen molar-refractivity contribution in [2.45, 2.75) is 75.5 Å². The largest absolute Gasteiger partial charge is 0.496 e. The van der Waals surface area contributed by atoms with E-state index in [2.05, 4.69) is 58.5 Å². The first-order valence-corrected chi connectivity index (χ1v) is 27.6. The quantitative estimate of drug-likeness (QED) is 0.0157. The van der Waals surface area contributed by atoms with Crippen molar-refractivity contribution in [3.63, 3.8) is 0 Å². The number of primary amides is 2. The lowest BCUT2D eigenvalue weighted by atomic mass is 10.1. The second-order valence-corrected chi connectivity index (χ2v) is 19.5. The summed E-state index contributed by atoms with van der Waals surface area (Å²) in [5.41, 5.74) is 33.1. The van der Waals surface area contributed by atoms with Crippen LogP contribution >= 0.6 is 0 Å². The molecule has 480 valence electrons. The standard InChI is InChI=1S/C56H78N20O13/c1-86-41-17-13-29(25-33(41)45(58)77)71-50(82)38(10-6-21-66-53(59)60)74-47(79)35-27-31(15-19-43(35)88-3)73-52(84)40(12-8-23-68-55(63)64)76-48(80)36-28-32(16-20-44(36)89-4)72-51(83)39(11-7-22-67-54(61)62)75-46(78)34-26-30(14-18-42(34)87-2)70-49(81)37(57)9-5-24-69-56(65)85/h13-20,25-28,37-40H,5-12,21-24,57H2,1-4H3,(H2,58,77)(H,70,81)(H,71,82)(H,72,83)(H,73,84)(H,74,79)(H,75,78)(H,76,80)(H4,59,60,66)(H4,61,62,67)(H4,63,64,68)(H3,65,69,85)/t37-,38-,39-,40-/m1/s1. The number of carbonyl (C=O) groups is 9. The third-order valence-electron chi connectivity index (χ3n) is 13.0. The average Bonchev–Trinajstić information content (AvgIpc) is 2.33. The minimum Gasteiger partial charge on any atom is -0.496 e. The van der Waals surface area contributed by atoms with Crippen molar-refractivity contribution in [1.82, 2.24) is 37.2 Å². The Balaban J connectivity index is 1.59. The summed E-state index contributed by atoms with van der Waals surface area (Å²) in [5, 5.41) is 51.8. The van der Waals surface area contributed by atoms with Gasteiger partial charge in [0.05, 0.1) is 56.7 Å². The van der Waals surface area contributed by atoms with Crippen LogP contribution in [-0.2, 0) is 19.2 Å². The van der Waals surface area contributed by atoms with Gasteiger partial charge in [-0.25, -0.2) is 4.79 Å². The number of nitrogens with one attached hydrogen (secondary N) is 14. The molecule has 0 radical (unpaired) electrons. The van der Waals surface area contributed by atoms with Crippen molar-refractivity contribution < 1.29 is 62.1 Å². The number of hydrogen-bond acceptors (Lipinski definition) is 17. The molecule has 0 aromatic heterocycles. The number of anilines is 4. The molecule has 0 bridgehead atoms. The predicted molar refractivity (Wildman–Crippen MR) is 331 cm³/mol. The number of carbonyl (C=O) groups excluding carboxylic acids is 9. The molecule has 33 heteroatoms. The van der Waals surface area contributed by atoms with Gasteiger partial charge in [-0.05, 0) is 124 Å². The maximum Gasteiger partial charge on any atom is 0.312 e. The van der Waals surface area contributed by atoms with E-state index in [4.69, 9.17) is 69.6 Å². The molecule has 33 nitrogen and oxygen atoms in total. The monoisotopic (exact) mass is 1240 g/mol. The van der Waals surface area contributed by atoms with Gasteiger partial charge in [0, 0.05) is 48.9 Å². The van der Waals surface area contributed by atoms with Crippen LogP contribution in [0.3, 0.4) is 0 Å². The number of hydrogen-bond donors (Lipinski definition) is 20. The number of nitrogens with two attached hydrogens (primary N) is 6. The van der Waals surface area contributed by atoms with Crippen molar-refractivity contribution in [1.29, 1.82) is 16.2 Å². The van der Waals surface area contributed by atoms with Crippen molar-refractivity contribution in [3.05, 3.63) is 95.1 Å². The third kappa shape index (κ3) is 23.0. The first-order chi connectivity index (χ1) is 42.4. The molecule has 0 aliphatic carbocycles. The Hall–Kier alpha value is -11.1. The number of benzene rings is 4. The SMILES string of the molecule is COc1ccc(NC(=O)[C@@H](CCCNC(=N)N)NC(=O)c2cc(NC(=O)[C@@H](CCCNC(=N)N)NC(=O)c3cc(NC(=O)[C@@H](CCCNC(=N)N)NC(=O)c4cc(NC(=O)[C@H](N)CCCNC(N)=O)ccc4OC)ccc3OC)ccc2OC)cc1C(N)=O. The molecule has 0 aliphatic heterocycles. The molecule has 0 saturated carbocycles. The van der Waals surface area contributed by atoms with Crippen LogP contribution in [0.2, 0.25) is 0 Å². The summed E-state index contributed by atoms with van der Waals surface area (Å²) in [6.07, 6.45) is 1.13. The normalized spacial score (nSPS) is 11.9. The van der Waals surface area contributed by atoms with E-state index < -0.39 is 77.5 Å². The molecule has 4 aromatic carbocycles. The summed E-state index contributed by atoms with van der Waals surface area (Å²) >= 11 is 0. The van der Waals surface area contributed by atoms with Crippen LogP contribution < -0.4 is 112 Å². The van der Waals surface area contributed by atoms with Gasteiger partial charge in [0.2, 0.25) is 23.6 Å².